The Morgan fingerprint density at radius 2 is 2.00 bits per heavy atom. The Labute approximate surface area is 104 Å². The van der Waals surface area contributed by atoms with Crippen molar-refractivity contribution >= 4 is 5.78 Å². The highest BCUT2D eigenvalue weighted by Gasteiger charge is 2.57. The zero-order valence-corrected chi connectivity index (χ0v) is 11.4. The Kier molecular flexibility index (Phi) is 2.97. The van der Waals surface area contributed by atoms with Crippen LogP contribution in [0.3, 0.4) is 0 Å². The number of hydrogen-bond acceptors (Lipinski definition) is 2. The quantitative estimate of drug-likeness (QED) is 0.759. The van der Waals surface area contributed by atoms with Crippen molar-refractivity contribution in [2.75, 3.05) is 0 Å². The summed E-state index contributed by atoms with van der Waals surface area (Å²) in [5.41, 5.74) is 0.355. The van der Waals surface area contributed by atoms with Crippen molar-refractivity contribution in [1.29, 1.82) is 0 Å². The van der Waals surface area contributed by atoms with E-state index in [9.17, 15) is 9.90 Å². The van der Waals surface area contributed by atoms with Crippen LogP contribution >= 0.6 is 0 Å². The normalized spacial score (nSPS) is 42.4. The molecule has 3 atom stereocenters. The maximum atomic E-state index is 12.4. The van der Waals surface area contributed by atoms with Crippen LogP contribution < -0.4 is 0 Å². The van der Waals surface area contributed by atoms with Crippen LogP contribution in [0, 0.1) is 17.3 Å². The summed E-state index contributed by atoms with van der Waals surface area (Å²) in [5.74, 6) is 0.0914. The fourth-order valence-electron chi connectivity index (χ4n) is 3.74. The Morgan fingerprint density at radius 1 is 1.35 bits per heavy atom. The number of ketones is 1. The maximum Gasteiger partial charge on any atom is 0.162 e. The lowest BCUT2D eigenvalue weighted by molar-refractivity contribution is -0.134. The number of fused-ring (bicyclic) bond motifs is 1. The molecule has 2 aliphatic rings. The van der Waals surface area contributed by atoms with Crippen molar-refractivity contribution in [3.8, 4) is 0 Å². The highest BCUT2D eigenvalue weighted by atomic mass is 16.3. The zero-order chi connectivity index (χ0) is 12.8. The van der Waals surface area contributed by atoms with Crippen LogP contribution in [0.1, 0.15) is 53.4 Å². The summed E-state index contributed by atoms with van der Waals surface area (Å²) in [6, 6.07) is 0. The third-order valence-electron chi connectivity index (χ3n) is 5.06. The van der Waals surface area contributed by atoms with E-state index in [1.165, 1.54) is 0 Å². The van der Waals surface area contributed by atoms with Gasteiger partial charge >= 0.3 is 0 Å². The molecule has 0 heterocycles. The molecule has 17 heavy (non-hydrogen) atoms. The molecule has 2 aliphatic carbocycles. The SMILES string of the molecule is CC1=CC(=O)C2C(C)(CC1)CCC2(O)C(C)C. The van der Waals surface area contributed by atoms with Crippen LogP contribution in [0.25, 0.3) is 0 Å². The van der Waals surface area contributed by atoms with Gasteiger partial charge in [-0.05, 0) is 50.0 Å². The standard InChI is InChI=1S/C15H24O2/c1-10(2)15(17)8-7-14(4)6-5-11(3)9-12(16)13(14)15/h9-10,13,17H,5-8H2,1-4H3. The first-order valence-corrected chi connectivity index (χ1v) is 6.73. The van der Waals surface area contributed by atoms with E-state index < -0.39 is 5.60 Å². The van der Waals surface area contributed by atoms with Crippen LogP contribution in [-0.4, -0.2) is 16.5 Å². The molecule has 1 N–H and O–H groups in total. The molecule has 0 saturated heterocycles. The zero-order valence-electron chi connectivity index (χ0n) is 11.4. The van der Waals surface area contributed by atoms with Crippen molar-refractivity contribution in [2.24, 2.45) is 17.3 Å². The molecular formula is C15H24O2. The molecule has 0 bridgehead atoms. The largest absolute Gasteiger partial charge is 0.389 e. The van der Waals surface area contributed by atoms with E-state index in [-0.39, 0.29) is 23.0 Å². The van der Waals surface area contributed by atoms with E-state index in [0.29, 0.717) is 0 Å². The summed E-state index contributed by atoms with van der Waals surface area (Å²) in [6.45, 7) is 8.26. The van der Waals surface area contributed by atoms with Gasteiger partial charge in [0.15, 0.2) is 5.78 Å². The van der Waals surface area contributed by atoms with Gasteiger partial charge in [0.1, 0.15) is 0 Å². The molecule has 2 rings (SSSR count). The molecule has 1 saturated carbocycles. The van der Waals surface area contributed by atoms with Gasteiger partial charge in [0.25, 0.3) is 0 Å². The first kappa shape index (κ1) is 12.8. The van der Waals surface area contributed by atoms with Crippen LogP contribution in [0.5, 0.6) is 0 Å². The van der Waals surface area contributed by atoms with Gasteiger partial charge in [-0.2, -0.15) is 0 Å². The van der Waals surface area contributed by atoms with Crippen molar-refractivity contribution in [3.63, 3.8) is 0 Å². The molecule has 0 radical (unpaired) electrons. The van der Waals surface area contributed by atoms with E-state index in [2.05, 4.69) is 6.92 Å². The number of allylic oxidation sites excluding steroid dienone is 2. The summed E-state index contributed by atoms with van der Waals surface area (Å²) >= 11 is 0. The molecular weight excluding hydrogens is 212 g/mol. The average molecular weight is 236 g/mol. The summed E-state index contributed by atoms with van der Waals surface area (Å²) in [7, 11) is 0. The minimum Gasteiger partial charge on any atom is -0.389 e. The molecule has 1 fully saturated rings. The Bertz CT molecular complexity index is 369. The van der Waals surface area contributed by atoms with Gasteiger partial charge in [0, 0.05) is 0 Å². The van der Waals surface area contributed by atoms with Crippen LogP contribution in [0.2, 0.25) is 0 Å². The third-order valence-corrected chi connectivity index (χ3v) is 5.06. The second kappa shape index (κ2) is 3.94. The van der Waals surface area contributed by atoms with Gasteiger partial charge in [0.05, 0.1) is 11.5 Å². The Balaban J connectivity index is 2.44. The highest BCUT2D eigenvalue weighted by molar-refractivity contribution is 5.94. The molecule has 0 aromatic carbocycles. The topological polar surface area (TPSA) is 37.3 Å². The minimum absolute atomic E-state index is 0.00956. The Morgan fingerprint density at radius 3 is 2.59 bits per heavy atom. The second-order valence-corrected chi connectivity index (χ2v) is 6.63. The van der Waals surface area contributed by atoms with Gasteiger partial charge in [-0.1, -0.05) is 26.3 Å². The smallest absolute Gasteiger partial charge is 0.162 e. The lowest BCUT2D eigenvalue weighted by atomic mass is 9.68. The first-order chi connectivity index (χ1) is 7.79. The molecule has 0 aromatic rings. The Hall–Kier alpha value is -0.630. The van der Waals surface area contributed by atoms with Crippen molar-refractivity contribution in [2.45, 2.75) is 59.0 Å². The number of aliphatic hydroxyl groups is 1. The third kappa shape index (κ3) is 1.87. The van der Waals surface area contributed by atoms with E-state index >= 15 is 0 Å². The van der Waals surface area contributed by atoms with Crippen molar-refractivity contribution in [1.82, 2.24) is 0 Å². The number of carbonyl (C=O) groups excluding carboxylic acids is 1. The molecule has 2 nitrogen and oxygen atoms in total. The second-order valence-electron chi connectivity index (χ2n) is 6.63. The predicted molar refractivity (Wildman–Crippen MR) is 68.6 cm³/mol. The lowest BCUT2D eigenvalue weighted by Crippen LogP contribution is -2.46. The van der Waals surface area contributed by atoms with Crippen LogP contribution in [0.15, 0.2) is 11.6 Å². The molecule has 0 aromatic heterocycles. The van der Waals surface area contributed by atoms with Crippen molar-refractivity contribution in [3.05, 3.63) is 11.6 Å². The summed E-state index contributed by atoms with van der Waals surface area (Å²) in [4.78, 5) is 12.4. The minimum atomic E-state index is -0.799. The van der Waals surface area contributed by atoms with Gasteiger partial charge in [-0.25, -0.2) is 0 Å². The van der Waals surface area contributed by atoms with Gasteiger partial charge < -0.3 is 5.11 Å². The summed E-state index contributed by atoms with van der Waals surface area (Å²) in [5, 5.41) is 10.9. The first-order valence-electron chi connectivity index (χ1n) is 6.73. The molecule has 3 unspecified atom stereocenters. The summed E-state index contributed by atoms with van der Waals surface area (Å²) < 4.78 is 0. The average Bonchev–Trinajstić information content (AvgIpc) is 2.44. The molecule has 2 heteroatoms. The van der Waals surface area contributed by atoms with Crippen LogP contribution in [-0.2, 0) is 4.79 Å². The van der Waals surface area contributed by atoms with Crippen molar-refractivity contribution < 1.29 is 9.90 Å². The molecule has 96 valence electrons. The fourth-order valence-corrected chi connectivity index (χ4v) is 3.74. The summed E-state index contributed by atoms with van der Waals surface area (Å²) in [6.07, 6.45) is 5.53. The maximum absolute atomic E-state index is 12.4. The molecule has 0 spiro atoms. The van der Waals surface area contributed by atoms with E-state index in [1.807, 2.05) is 20.8 Å². The molecule has 0 amide bonds. The number of hydrogen-bond donors (Lipinski definition) is 1. The molecule has 0 aliphatic heterocycles. The van der Waals surface area contributed by atoms with E-state index in [1.54, 1.807) is 6.08 Å². The van der Waals surface area contributed by atoms with E-state index in [4.69, 9.17) is 0 Å². The predicted octanol–water partition coefficient (Wildman–Crippen LogP) is 3.10. The van der Waals surface area contributed by atoms with Crippen LogP contribution in [0.4, 0.5) is 0 Å². The monoisotopic (exact) mass is 236 g/mol. The van der Waals surface area contributed by atoms with Gasteiger partial charge in [-0.3, -0.25) is 4.79 Å². The fraction of sp³-hybridized carbons (Fsp3) is 0.800. The number of carbonyl (C=O) groups is 1. The lowest BCUT2D eigenvalue weighted by Gasteiger charge is -2.38. The van der Waals surface area contributed by atoms with E-state index in [0.717, 1.165) is 31.3 Å². The highest BCUT2D eigenvalue weighted by Crippen LogP contribution is 2.56. The van der Waals surface area contributed by atoms with Gasteiger partial charge in [-0.15, -0.1) is 0 Å². The van der Waals surface area contributed by atoms with Gasteiger partial charge in [0.2, 0.25) is 0 Å². The number of rotatable bonds is 1.